The normalized spacial score (nSPS) is 25.2. The summed E-state index contributed by atoms with van der Waals surface area (Å²) in [6.45, 7) is -0.592. The molecule has 0 bridgehead atoms. The van der Waals surface area contributed by atoms with Crippen molar-refractivity contribution in [2.24, 2.45) is 0 Å². The van der Waals surface area contributed by atoms with E-state index in [1.165, 1.54) is 26.4 Å². The largest absolute Gasteiger partial charge is 0.508 e. The van der Waals surface area contributed by atoms with Crippen molar-refractivity contribution in [1.82, 2.24) is 0 Å². The summed E-state index contributed by atoms with van der Waals surface area (Å²) in [4.78, 5) is 12.5. The molecule has 2 aliphatic heterocycles. The molecule has 3 aromatic rings. The first-order valence-corrected chi connectivity index (χ1v) is 13.4. The Balaban J connectivity index is 1.45. The van der Waals surface area contributed by atoms with Gasteiger partial charge < -0.3 is 54.3 Å². The fraction of sp³-hybridized carbons (Fsp3) is 0.323. The Bertz CT molecular complexity index is 1520. The van der Waals surface area contributed by atoms with Gasteiger partial charge in [0.1, 0.15) is 35.9 Å². The molecule has 6 atom stereocenters. The summed E-state index contributed by atoms with van der Waals surface area (Å²) < 4.78 is 27.3. The topological polar surface area (TPSA) is 185 Å². The zero-order valence-corrected chi connectivity index (χ0v) is 23.3. The Morgan fingerprint density at radius 3 is 2.37 bits per heavy atom. The number of phenolic OH excluding ortho intramolecular Hbond substituents is 2. The highest BCUT2D eigenvalue weighted by atomic mass is 16.7. The Morgan fingerprint density at radius 2 is 1.65 bits per heavy atom. The Labute approximate surface area is 246 Å². The molecule has 0 saturated carbocycles. The average molecular weight is 597 g/mol. The van der Waals surface area contributed by atoms with Gasteiger partial charge in [-0.05, 0) is 47.0 Å². The van der Waals surface area contributed by atoms with Crippen LogP contribution in [0.15, 0.2) is 48.5 Å². The molecule has 12 nitrogen and oxygen atoms in total. The van der Waals surface area contributed by atoms with Crippen LogP contribution in [-0.4, -0.2) is 88.1 Å². The van der Waals surface area contributed by atoms with Gasteiger partial charge in [-0.2, -0.15) is 0 Å². The molecule has 0 spiro atoms. The van der Waals surface area contributed by atoms with Gasteiger partial charge in [-0.25, -0.2) is 0 Å². The molecule has 6 N–H and O–H groups in total. The summed E-state index contributed by atoms with van der Waals surface area (Å²) in [6.07, 6.45) is -3.69. The third-order valence-electron chi connectivity index (χ3n) is 7.44. The van der Waals surface area contributed by atoms with Crippen LogP contribution >= 0.6 is 0 Å². The number of methoxy groups -OCH3 is 2. The second-order valence-corrected chi connectivity index (χ2v) is 10.2. The maximum absolute atomic E-state index is 12.5. The molecule has 2 heterocycles. The van der Waals surface area contributed by atoms with E-state index in [1.54, 1.807) is 48.6 Å². The summed E-state index contributed by atoms with van der Waals surface area (Å²) >= 11 is 0. The van der Waals surface area contributed by atoms with Crippen molar-refractivity contribution in [3.8, 4) is 34.5 Å². The first kappa shape index (κ1) is 30.1. The fourth-order valence-corrected chi connectivity index (χ4v) is 5.22. The van der Waals surface area contributed by atoms with Crippen LogP contribution in [0.4, 0.5) is 0 Å². The predicted molar refractivity (Wildman–Crippen MR) is 151 cm³/mol. The molecule has 12 heteroatoms. The maximum atomic E-state index is 12.5. The van der Waals surface area contributed by atoms with Crippen molar-refractivity contribution in [3.63, 3.8) is 0 Å². The van der Waals surface area contributed by atoms with Crippen LogP contribution in [0.5, 0.6) is 34.5 Å². The van der Waals surface area contributed by atoms with Crippen LogP contribution < -0.4 is 18.9 Å². The first-order chi connectivity index (χ1) is 20.6. The highest BCUT2D eigenvalue weighted by Crippen LogP contribution is 2.45. The van der Waals surface area contributed by atoms with E-state index in [-0.39, 0.29) is 40.9 Å². The number of aliphatic hydroxyl groups is 4. The van der Waals surface area contributed by atoms with Gasteiger partial charge in [0.05, 0.1) is 27.2 Å². The highest BCUT2D eigenvalue weighted by molar-refractivity contribution is 5.82. The van der Waals surface area contributed by atoms with E-state index in [1.807, 2.05) is 0 Å². The quantitative estimate of drug-likeness (QED) is 0.126. The smallest absolute Gasteiger partial charge is 0.312 e. The molecule has 3 aromatic carbocycles. The van der Waals surface area contributed by atoms with E-state index < -0.39 is 49.2 Å². The number of esters is 1. The minimum atomic E-state index is -1.59. The number of carbonyl (C=O) groups is 1. The molecule has 0 aromatic heterocycles. The number of fused-ring (bicyclic) bond motifs is 1. The lowest BCUT2D eigenvalue weighted by molar-refractivity contribution is -0.277. The third kappa shape index (κ3) is 6.10. The van der Waals surface area contributed by atoms with E-state index >= 15 is 0 Å². The maximum Gasteiger partial charge on any atom is 0.312 e. The van der Waals surface area contributed by atoms with Crippen LogP contribution in [0, 0.1) is 0 Å². The van der Waals surface area contributed by atoms with Gasteiger partial charge in [-0.15, -0.1) is 0 Å². The number of benzene rings is 3. The molecule has 1 saturated heterocycles. The van der Waals surface area contributed by atoms with Gasteiger partial charge in [0.15, 0.2) is 23.0 Å². The average Bonchev–Trinajstić information content (AvgIpc) is 3.00. The number of hydrogen-bond donors (Lipinski definition) is 6. The fourth-order valence-electron chi connectivity index (χ4n) is 5.22. The summed E-state index contributed by atoms with van der Waals surface area (Å²) in [5, 5.41) is 60.3. The monoisotopic (exact) mass is 596 g/mol. The molecular weight excluding hydrogens is 564 g/mol. The molecule has 5 rings (SSSR count). The molecule has 2 aliphatic rings. The molecule has 0 amide bonds. The number of ether oxygens (including phenoxy) is 5. The molecule has 228 valence electrons. The SMILES string of the molecule is COc1cc([C@H]2CC(=O)Oc3cc(O)cc(C=Cc4ccc(O[C@@H]5O[C@H](CO)[C@@H](O)[C@H](O)[C@H]5O)c(OC)c4)c32)ccc1O. The van der Waals surface area contributed by atoms with E-state index in [4.69, 9.17) is 23.7 Å². The minimum absolute atomic E-state index is 0.0321. The van der Waals surface area contributed by atoms with E-state index in [0.29, 0.717) is 22.3 Å². The molecule has 0 radical (unpaired) electrons. The van der Waals surface area contributed by atoms with Crippen molar-refractivity contribution in [2.45, 2.75) is 43.0 Å². The molecule has 0 aliphatic carbocycles. The van der Waals surface area contributed by atoms with Gasteiger partial charge in [0.2, 0.25) is 6.29 Å². The molecule has 0 unspecified atom stereocenters. The van der Waals surface area contributed by atoms with Crippen LogP contribution in [0.1, 0.15) is 34.6 Å². The van der Waals surface area contributed by atoms with Crippen molar-refractivity contribution < 1.29 is 59.1 Å². The molecular formula is C31H32O12. The number of carbonyl (C=O) groups excluding carboxylic acids is 1. The van der Waals surface area contributed by atoms with Gasteiger partial charge in [0, 0.05) is 17.5 Å². The van der Waals surface area contributed by atoms with Crippen molar-refractivity contribution in [2.75, 3.05) is 20.8 Å². The summed E-state index contributed by atoms with van der Waals surface area (Å²) in [6, 6.07) is 12.7. The van der Waals surface area contributed by atoms with Gasteiger partial charge in [0.25, 0.3) is 0 Å². The lowest BCUT2D eigenvalue weighted by atomic mass is 9.83. The summed E-state index contributed by atoms with van der Waals surface area (Å²) in [7, 11) is 2.85. The zero-order chi connectivity index (χ0) is 30.8. The zero-order valence-electron chi connectivity index (χ0n) is 23.3. The number of aromatic hydroxyl groups is 2. The number of phenols is 2. The molecule has 1 fully saturated rings. The van der Waals surface area contributed by atoms with E-state index in [9.17, 15) is 35.4 Å². The van der Waals surface area contributed by atoms with E-state index in [0.717, 1.165) is 0 Å². The van der Waals surface area contributed by atoms with E-state index in [2.05, 4.69) is 0 Å². The van der Waals surface area contributed by atoms with Crippen LogP contribution in [-0.2, 0) is 9.53 Å². The van der Waals surface area contributed by atoms with Crippen LogP contribution in [0.25, 0.3) is 12.2 Å². The Hall–Kier alpha value is -4.33. The first-order valence-electron chi connectivity index (χ1n) is 13.4. The van der Waals surface area contributed by atoms with Gasteiger partial charge in [-0.3, -0.25) is 4.79 Å². The van der Waals surface area contributed by atoms with Crippen molar-refractivity contribution >= 4 is 18.1 Å². The number of aliphatic hydroxyl groups excluding tert-OH is 4. The standard InChI is InChI=1S/C31H32O12/c1-39-22-11-16(6-7-20(22)34)19-13-26(35)41-24-12-18(33)10-17(27(19)24)5-3-15-4-8-21(23(9-15)40-2)42-31-30(38)29(37)28(36)25(14-32)43-31/h3-12,19,25,28-34,36-38H,13-14H2,1-2H3/t19-,25-,28-,29+,30-,31-/m1/s1. The van der Waals surface area contributed by atoms with Crippen LogP contribution in [0.2, 0.25) is 0 Å². The molecule has 43 heavy (non-hydrogen) atoms. The Morgan fingerprint density at radius 1 is 0.884 bits per heavy atom. The minimum Gasteiger partial charge on any atom is -0.508 e. The second kappa shape index (κ2) is 12.5. The lowest BCUT2D eigenvalue weighted by Crippen LogP contribution is -2.60. The lowest BCUT2D eigenvalue weighted by Gasteiger charge is -2.39. The van der Waals surface area contributed by atoms with Gasteiger partial charge >= 0.3 is 5.97 Å². The number of rotatable bonds is 8. The third-order valence-corrected chi connectivity index (χ3v) is 7.44. The van der Waals surface area contributed by atoms with Crippen molar-refractivity contribution in [1.29, 1.82) is 0 Å². The number of hydrogen-bond acceptors (Lipinski definition) is 12. The Kier molecular flexibility index (Phi) is 8.76. The summed E-state index contributed by atoms with van der Waals surface area (Å²) in [5.41, 5.74) is 2.62. The second-order valence-electron chi connectivity index (χ2n) is 10.2. The highest BCUT2D eigenvalue weighted by Gasteiger charge is 2.45. The predicted octanol–water partition coefficient (Wildman–Crippen LogP) is 1.91. The van der Waals surface area contributed by atoms with Crippen LogP contribution in [0.3, 0.4) is 0 Å². The summed E-state index contributed by atoms with van der Waals surface area (Å²) in [5.74, 6) is -0.146. The van der Waals surface area contributed by atoms with Crippen molar-refractivity contribution in [3.05, 3.63) is 70.8 Å². The van der Waals surface area contributed by atoms with Gasteiger partial charge in [-0.1, -0.05) is 24.3 Å².